The van der Waals surface area contributed by atoms with Gasteiger partial charge in [0, 0.05) is 5.56 Å². The van der Waals surface area contributed by atoms with Crippen molar-refractivity contribution in [3.63, 3.8) is 0 Å². The molecule has 20 heavy (non-hydrogen) atoms. The van der Waals surface area contributed by atoms with Crippen molar-refractivity contribution in [1.82, 2.24) is 0 Å². The molecule has 3 nitrogen and oxygen atoms in total. The first-order chi connectivity index (χ1) is 9.48. The van der Waals surface area contributed by atoms with Gasteiger partial charge in [0.25, 0.3) is 0 Å². The lowest BCUT2D eigenvalue weighted by Gasteiger charge is -2.07. The number of Topliss-reactive ketones (excluding diaryl/α,β-unsaturated/α-hetero) is 1. The number of hydrogen-bond donors (Lipinski definition) is 0. The number of benzene rings is 2. The zero-order valence-electron chi connectivity index (χ0n) is 11.2. The van der Waals surface area contributed by atoms with Crippen molar-refractivity contribution >= 4 is 15.6 Å². The van der Waals surface area contributed by atoms with Crippen LogP contribution in [0.1, 0.15) is 21.5 Å². The Morgan fingerprint density at radius 2 is 1.55 bits per heavy atom. The van der Waals surface area contributed by atoms with Gasteiger partial charge in [-0.3, -0.25) is 4.79 Å². The average molecular weight is 288 g/mol. The molecule has 0 aliphatic carbocycles. The zero-order valence-corrected chi connectivity index (χ0v) is 12.1. The number of sulfone groups is 1. The summed E-state index contributed by atoms with van der Waals surface area (Å²) in [6.45, 7) is 1.86. The van der Waals surface area contributed by atoms with Gasteiger partial charge < -0.3 is 0 Å². The molecule has 0 aliphatic heterocycles. The maximum absolute atomic E-state index is 12.1. The summed E-state index contributed by atoms with van der Waals surface area (Å²) in [6.07, 6.45) is 0. The molecule has 0 spiro atoms. The molecule has 2 rings (SSSR count). The Morgan fingerprint density at radius 3 is 2.20 bits per heavy atom. The monoisotopic (exact) mass is 288 g/mol. The number of carbonyl (C=O) groups is 1. The standard InChI is InChI=1S/C16H16O3S/c1-13-7-5-6-10-15(13)11-20(18,19)12-16(17)14-8-3-2-4-9-14/h2-10H,11-12H2,1H3. The van der Waals surface area contributed by atoms with Crippen LogP contribution in [0.3, 0.4) is 0 Å². The molecule has 104 valence electrons. The van der Waals surface area contributed by atoms with Crippen LogP contribution in [0.25, 0.3) is 0 Å². The third kappa shape index (κ3) is 3.78. The van der Waals surface area contributed by atoms with Gasteiger partial charge in [-0.2, -0.15) is 0 Å². The first-order valence-corrected chi connectivity index (χ1v) is 8.13. The van der Waals surface area contributed by atoms with Crippen molar-refractivity contribution in [3.8, 4) is 0 Å². The van der Waals surface area contributed by atoms with E-state index in [4.69, 9.17) is 0 Å². The Kier molecular flexibility index (Phi) is 4.35. The average Bonchev–Trinajstić information content (AvgIpc) is 2.41. The molecular weight excluding hydrogens is 272 g/mol. The molecular formula is C16H16O3S. The second-order valence-electron chi connectivity index (χ2n) is 4.75. The highest BCUT2D eigenvalue weighted by atomic mass is 32.2. The van der Waals surface area contributed by atoms with Crippen molar-refractivity contribution < 1.29 is 13.2 Å². The van der Waals surface area contributed by atoms with Gasteiger partial charge in [0.1, 0.15) is 5.75 Å². The molecule has 0 radical (unpaired) electrons. The fraction of sp³-hybridized carbons (Fsp3) is 0.188. The Labute approximate surface area is 119 Å². The van der Waals surface area contributed by atoms with Crippen LogP contribution in [0.2, 0.25) is 0 Å². The zero-order chi connectivity index (χ0) is 14.6. The van der Waals surface area contributed by atoms with Crippen LogP contribution in [0.5, 0.6) is 0 Å². The minimum absolute atomic E-state index is 0.0990. The van der Waals surface area contributed by atoms with Gasteiger partial charge in [-0.1, -0.05) is 54.6 Å². The molecule has 0 unspecified atom stereocenters. The molecule has 0 amide bonds. The Hall–Kier alpha value is -1.94. The molecule has 0 aromatic heterocycles. The summed E-state index contributed by atoms with van der Waals surface area (Å²) in [7, 11) is -3.45. The number of carbonyl (C=O) groups excluding carboxylic acids is 1. The first kappa shape index (κ1) is 14.5. The maximum atomic E-state index is 12.1. The van der Waals surface area contributed by atoms with Crippen molar-refractivity contribution in [3.05, 3.63) is 71.3 Å². The van der Waals surface area contributed by atoms with Gasteiger partial charge in [0.05, 0.1) is 5.75 Å². The summed E-state index contributed by atoms with van der Waals surface area (Å²) in [4.78, 5) is 12.0. The van der Waals surface area contributed by atoms with Crippen LogP contribution in [0.4, 0.5) is 0 Å². The lowest BCUT2D eigenvalue weighted by atomic mass is 10.1. The molecule has 0 bridgehead atoms. The minimum atomic E-state index is -3.45. The topological polar surface area (TPSA) is 51.2 Å². The van der Waals surface area contributed by atoms with Crippen LogP contribution in [-0.2, 0) is 15.6 Å². The van der Waals surface area contributed by atoms with E-state index in [1.165, 1.54) is 0 Å². The van der Waals surface area contributed by atoms with Crippen LogP contribution < -0.4 is 0 Å². The fourth-order valence-electron chi connectivity index (χ4n) is 1.97. The number of hydrogen-bond acceptors (Lipinski definition) is 3. The molecule has 0 saturated heterocycles. The van der Waals surface area contributed by atoms with Crippen LogP contribution in [0, 0.1) is 6.92 Å². The molecule has 0 N–H and O–H groups in total. The van der Waals surface area contributed by atoms with Gasteiger partial charge in [0.15, 0.2) is 15.6 Å². The maximum Gasteiger partial charge on any atom is 0.177 e. The van der Waals surface area contributed by atoms with E-state index in [2.05, 4.69) is 0 Å². The van der Waals surface area contributed by atoms with E-state index in [9.17, 15) is 13.2 Å². The Bertz CT molecular complexity index is 704. The smallest absolute Gasteiger partial charge is 0.177 e. The SMILES string of the molecule is Cc1ccccc1CS(=O)(=O)CC(=O)c1ccccc1. The van der Waals surface area contributed by atoms with E-state index >= 15 is 0 Å². The van der Waals surface area contributed by atoms with Gasteiger partial charge in [0.2, 0.25) is 0 Å². The van der Waals surface area contributed by atoms with E-state index in [0.717, 1.165) is 11.1 Å². The molecule has 0 heterocycles. The summed E-state index contributed by atoms with van der Waals surface area (Å²) >= 11 is 0. The minimum Gasteiger partial charge on any atom is -0.293 e. The quantitative estimate of drug-likeness (QED) is 0.795. The Morgan fingerprint density at radius 1 is 0.950 bits per heavy atom. The van der Waals surface area contributed by atoms with E-state index in [1.54, 1.807) is 42.5 Å². The second-order valence-corrected chi connectivity index (χ2v) is 6.81. The number of rotatable bonds is 5. The van der Waals surface area contributed by atoms with E-state index in [0.29, 0.717) is 5.56 Å². The second kappa shape index (κ2) is 6.01. The highest BCUT2D eigenvalue weighted by Gasteiger charge is 2.19. The van der Waals surface area contributed by atoms with Crippen LogP contribution in [0.15, 0.2) is 54.6 Å². The third-order valence-corrected chi connectivity index (χ3v) is 4.54. The fourth-order valence-corrected chi connectivity index (χ4v) is 3.43. The summed E-state index contributed by atoms with van der Waals surface area (Å²) in [5.41, 5.74) is 2.09. The van der Waals surface area contributed by atoms with Crippen molar-refractivity contribution in [1.29, 1.82) is 0 Å². The van der Waals surface area contributed by atoms with E-state index in [1.807, 2.05) is 19.1 Å². The van der Waals surface area contributed by atoms with Gasteiger partial charge in [-0.15, -0.1) is 0 Å². The highest BCUT2D eigenvalue weighted by molar-refractivity contribution is 7.91. The lowest BCUT2D eigenvalue weighted by Crippen LogP contribution is -2.18. The highest BCUT2D eigenvalue weighted by Crippen LogP contribution is 2.13. The molecule has 2 aromatic rings. The molecule has 2 aromatic carbocycles. The summed E-state index contributed by atoms with van der Waals surface area (Å²) in [5, 5.41) is 0. The van der Waals surface area contributed by atoms with Gasteiger partial charge in [-0.25, -0.2) is 8.42 Å². The summed E-state index contributed by atoms with van der Waals surface area (Å²) in [6, 6.07) is 15.8. The van der Waals surface area contributed by atoms with Crippen molar-refractivity contribution in [2.24, 2.45) is 0 Å². The summed E-state index contributed by atoms with van der Waals surface area (Å²) in [5.74, 6) is -0.914. The predicted molar refractivity (Wildman–Crippen MR) is 79.4 cm³/mol. The number of aryl methyl sites for hydroxylation is 1. The van der Waals surface area contributed by atoms with Gasteiger partial charge >= 0.3 is 0 Å². The predicted octanol–water partition coefficient (Wildman–Crippen LogP) is 2.79. The molecule has 0 atom stereocenters. The number of ketones is 1. The normalized spacial score (nSPS) is 11.2. The van der Waals surface area contributed by atoms with Crippen LogP contribution in [-0.4, -0.2) is 20.0 Å². The van der Waals surface area contributed by atoms with E-state index in [-0.39, 0.29) is 11.5 Å². The van der Waals surface area contributed by atoms with Crippen molar-refractivity contribution in [2.75, 3.05) is 5.75 Å². The molecule has 0 saturated carbocycles. The molecule has 4 heteroatoms. The lowest BCUT2D eigenvalue weighted by molar-refractivity contribution is 0.102. The third-order valence-electron chi connectivity index (χ3n) is 3.08. The Balaban J connectivity index is 2.13. The summed E-state index contributed by atoms with van der Waals surface area (Å²) < 4.78 is 24.2. The van der Waals surface area contributed by atoms with E-state index < -0.39 is 15.6 Å². The molecule has 0 fully saturated rings. The van der Waals surface area contributed by atoms with Crippen molar-refractivity contribution in [2.45, 2.75) is 12.7 Å². The van der Waals surface area contributed by atoms with Gasteiger partial charge in [-0.05, 0) is 18.1 Å². The largest absolute Gasteiger partial charge is 0.293 e. The first-order valence-electron chi connectivity index (χ1n) is 6.31. The molecule has 0 aliphatic rings. The van der Waals surface area contributed by atoms with Crippen LogP contribution >= 0.6 is 0 Å².